The van der Waals surface area contributed by atoms with Crippen LogP contribution in [0.2, 0.25) is 0 Å². The summed E-state index contributed by atoms with van der Waals surface area (Å²) in [6.07, 6.45) is 2.99. The second-order valence-electron chi connectivity index (χ2n) is 7.83. The number of para-hydroxylation sites is 1. The second-order valence-corrected chi connectivity index (χ2v) is 9.56. The minimum Gasteiger partial charge on any atom is -0.365 e. The average Bonchev–Trinajstić information content (AvgIpc) is 3.22. The number of H-pyrrole nitrogens is 1. The number of nitrogens with zero attached hydrogens (tertiary/aromatic N) is 1. The van der Waals surface area contributed by atoms with Crippen LogP contribution >= 0.6 is 0 Å². The summed E-state index contributed by atoms with van der Waals surface area (Å²) in [6, 6.07) is 15.7. The van der Waals surface area contributed by atoms with Gasteiger partial charge in [-0.1, -0.05) is 24.6 Å². The van der Waals surface area contributed by atoms with E-state index in [1.807, 2.05) is 48.5 Å². The lowest BCUT2D eigenvalue weighted by Gasteiger charge is -2.26. The molecule has 0 amide bonds. The highest BCUT2D eigenvalue weighted by atomic mass is 32.2. The molecule has 1 aromatic heterocycles. The number of benzene rings is 2. The van der Waals surface area contributed by atoms with Crippen molar-refractivity contribution in [2.24, 2.45) is 0 Å². The van der Waals surface area contributed by atoms with Gasteiger partial charge in [0, 0.05) is 51.0 Å². The van der Waals surface area contributed by atoms with Crippen molar-refractivity contribution < 1.29 is 13.0 Å². The molecule has 28 heavy (non-hydrogen) atoms. The Morgan fingerprint density at radius 3 is 2.61 bits per heavy atom. The highest BCUT2D eigenvalue weighted by Crippen LogP contribution is 2.39. The normalized spacial score (nSPS) is 20.4. The Hall–Kier alpha value is -2.21. The Bertz CT molecular complexity index is 1020. The minimum absolute atomic E-state index is 0.130. The van der Waals surface area contributed by atoms with Crippen molar-refractivity contribution in [3.8, 4) is 11.3 Å². The van der Waals surface area contributed by atoms with E-state index in [9.17, 15) is 13.0 Å². The van der Waals surface area contributed by atoms with E-state index in [0.717, 1.165) is 52.0 Å². The molecule has 1 saturated carbocycles. The standard InChI is InChI=1S/C22H22F2N2OS/c23-22(24)10-11-26(14-22)21-9-8-17(28(27)16-5-3-6-16)13-18(21)20-12-15-4-1-2-7-19(15)25-20/h1-2,4,7-9,12-13,16,25H,3,5-6,10-11,14H2. The van der Waals surface area contributed by atoms with Crippen LogP contribution in [0.1, 0.15) is 25.7 Å². The van der Waals surface area contributed by atoms with Crippen molar-refractivity contribution >= 4 is 27.4 Å². The number of aromatic amines is 1. The Kier molecular flexibility index (Phi) is 4.27. The number of halogens is 2. The third-order valence-corrected chi connectivity index (χ3v) is 7.68. The van der Waals surface area contributed by atoms with Crippen molar-refractivity contribution in [1.82, 2.24) is 4.98 Å². The van der Waals surface area contributed by atoms with Crippen molar-refractivity contribution in [3.05, 3.63) is 48.5 Å². The monoisotopic (exact) mass is 400 g/mol. The lowest BCUT2D eigenvalue weighted by molar-refractivity contribution is 0.0257. The van der Waals surface area contributed by atoms with Gasteiger partial charge in [-0.25, -0.2) is 8.78 Å². The van der Waals surface area contributed by atoms with Gasteiger partial charge in [0.2, 0.25) is 0 Å². The average molecular weight is 400 g/mol. The van der Waals surface area contributed by atoms with E-state index < -0.39 is 16.7 Å². The van der Waals surface area contributed by atoms with Gasteiger partial charge in [-0.3, -0.25) is 4.21 Å². The molecule has 6 heteroatoms. The van der Waals surface area contributed by atoms with Gasteiger partial charge in [-0.2, -0.15) is 0 Å². The van der Waals surface area contributed by atoms with Crippen LogP contribution in [-0.4, -0.2) is 33.5 Å². The first-order valence-electron chi connectivity index (χ1n) is 9.76. The largest absolute Gasteiger partial charge is 0.365 e. The smallest absolute Gasteiger partial charge is 0.266 e. The number of hydrogen-bond donors (Lipinski definition) is 1. The number of anilines is 1. The third-order valence-electron chi connectivity index (χ3n) is 5.89. The molecule has 0 bridgehead atoms. The van der Waals surface area contributed by atoms with Crippen LogP contribution in [0.15, 0.2) is 53.4 Å². The van der Waals surface area contributed by atoms with Crippen LogP contribution in [0.4, 0.5) is 14.5 Å². The number of rotatable bonds is 4. The molecular formula is C22H22F2N2OS. The van der Waals surface area contributed by atoms with Gasteiger partial charge in [0.15, 0.2) is 0 Å². The van der Waals surface area contributed by atoms with Gasteiger partial charge in [-0.05, 0) is 43.2 Å². The minimum atomic E-state index is -2.66. The van der Waals surface area contributed by atoms with E-state index in [2.05, 4.69) is 4.98 Å². The van der Waals surface area contributed by atoms with E-state index in [1.54, 1.807) is 4.90 Å². The fourth-order valence-electron chi connectivity index (χ4n) is 4.07. The quantitative estimate of drug-likeness (QED) is 0.642. The molecule has 3 nitrogen and oxygen atoms in total. The predicted molar refractivity (Wildman–Crippen MR) is 110 cm³/mol. The van der Waals surface area contributed by atoms with Gasteiger partial charge < -0.3 is 9.88 Å². The number of nitrogens with one attached hydrogen (secondary N) is 1. The Labute approximate surface area is 165 Å². The number of fused-ring (bicyclic) bond motifs is 1. The highest BCUT2D eigenvalue weighted by Gasteiger charge is 2.39. The molecule has 1 aliphatic carbocycles. The molecule has 2 heterocycles. The van der Waals surface area contributed by atoms with E-state index >= 15 is 0 Å². The lowest BCUT2D eigenvalue weighted by atomic mass is 10.00. The number of alkyl halides is 2. The zero-order chi connectivity index (χ0) is 19.3. The number of hydrogen-bond acceptors (Lipinski definition) is 2. The maximum atomic E-state index is 13.9. The third kappa shape index (κ3) is 3.13. The Morgan fingerprint density at radius 1 is 1.11 bits per heavy atom. The molecule has 5 rings (SSSR count). The molecule has 3 aromatic rings. The second kappa shape index (κ2) is 6.69. The fraction of sp³-hybridized carbons (Fsp3) is 0.364. The van der Waals surface area contributed by atoms with Crippen LogP contribution in [0, 0.1) is 0 Å². The first kappa shape index (κ1) is 17.9. The molecule has 0 spiro atoms. The molecule has 0 radical (unpaired) electrons. The topological polar surface area (TPSA) is 36.1 Å². The van der Waals surface area contributed by atoms with Gasteiger partial charge in [0.1, 0.15) is 0 Å². The Morgan fingerprint density at radius 2 is 1.93 bits per heavy atom. The first-order chi connectivity index (χ1) is 13.5. The van der Waals surface area contributed by atoms with Crippen molar-refractivity contribution in [1.29, 1.82) is 0 Å². The van der Waals surface area contributed by atoms with E-state index in [-0.39, 0.29) is 18.2 Å². The van der Waals surface area contributed by atoms with E-state index in [4.69, 9.17) is 0 Å². The number of aromatic nitrogens is 1. The summed E-state index contributed by atoms with van der Waals surface area (Å²) >= 11 is 0. The zero-order valence-electron chi connectivity index (χ0n) is 15.5. The van der Waals surface area contributed by atoms with E-state index in [1.165, 1.54) is 0 Å². The van der Waals surface area contributed by atoms with Gasteiger partial charge in [0.05, 0.1) is 17.3 Å². The van der Waals surface area contributed by atoms with Crippen LogP contribution in [-0.2, 0) is 10.8 Å². The van der Waals surface area contributed by atoms with Crippen LogP contribution in [0.3, 0.4) is 0 Å². The van der Waals surface area contributed by atoms with Gasteiger partial charge >= 0.3 is 0 Å². The molecule has 1 atom stereocenters. The fourth-order valence-corrected chi connectivity index (χ4v) is 5.65. The maximum Gasteiger partial charge on any atom is 0.266 e. The molecule has 1 unspecified atom stereocenters. The van der Waals surface area contributed by atoms with Crippen molar-refractivity contribution in [2.75, 3.05) is 18.0 Å². The summed E-state index contributed by atoms with van der Waals surface area (Å²) < 4.78 is 40.6. The van der Waals surface area contributed by atoms with Crippen molar-refractivity contribution in [3.63, 3.8) is 0 Å². The lowest BCUT2D eigenvalue weighted by Crippen LogP contribution is -2.26. The molecule has 1 saturated heterocycles. The molecular weight excluding hydrogens is 378 g/mol. The maximum absolute atomic E-state index is 13.9. The summed E-state index contributed by atoms with van der Waals surface area (Å²) in [5.41, 5.74) is 3.50. The summed E-state index contributed by atoms with van der Waals surface area (Å²) in [6.45, 7) is 0.0522. The molecule has 2 aliphatic rings. The molecule has 1 aliphatic heterocycles. The molecule has 2 aromatic carbocycles. The van der Waals surface area contributed by atoms with Gasteiger partial charge in [0.25, 0.3) is 5.92 Å². The SMILES string of the molecule is O=S(c1ccc(N2CCC(F)(F)C2)c(-c2cc3ccccc3[nH]2)c1)C1CCC1. The van der Waals surface area contributed by atoms with Crippen LogP contribution in [0.5, 0.6) is 0 Å². The summed E-state index contributed by atoms with van der Waals surface area (Å²) in [5.74, 6) is -2.66. The van der Waals surface area contributed by atoms with Gasteiger partial charge in [-0.15, -0.1) is 0 Å². The Balaban J connectivity index is 1.61. The summed E-state index contributed by atoms with van der Waals surface area (Å²) in [7, 11) is -1.05. The summed E-state index contributed by atoms with van der Waals surface area (Å²) in [5, 5.41) is 1.29. The zero-order valence-corrected chi connectivity index (χ0v) is 16.3. The highest BCUT2D eigenvalue weighted by molar-refractivity contribution is 7.85. The van der Waals surface area contributed by atoms with Crippen molar-refractivity contribution in [2.45, 2.75) is 41.8 Å². The molecule has 2 fully saturated rings. The molecule has 1 N–H and O–H groups in total. The first-order valence-corrected chi connectivity index (χ1v) is 11.0. The predicted octanol–water partition coefficient (Wildman–Crippen LogP) is 5.34. The molecule has 146 valence electrons. The summed E-state index contributed by atoms with van der Waals surface area (Å²) in [4.78, 5) is 5.94. The van der Waals surface area contributed by atoms with E-state index in [0.29, 0.717) is 6.54 Å². The van der Waals surface area contributed by atoms with Crippen LogP contribution in [0.25, 0.3) is 22.2 Å². The van der Waals surface area contributed by atoms with Crippen LogP contribution < -0.4 is 4.90 Å².